The number of aryl methyl sites for hydroxylation is 1. The number of carbonyl (C=O) groups is 2. The van der Waals surface area contributed by atoms with E-state index in [9.17, 15) is 9.59 Å². The molecule has 1 fully saturated rings. The largest absolute Gasteiger partial charge is 0.456 e. The average Bonchev–Trinajstić information content (AvgIpc) is 3.70. The summed E-state index contributed by atoms with van der Waals surface area (Å²) in [7, 11) is 0. The number of ether oxygens (including phenoxy) is 1. The monoisotopic (exact) mass is 615 g/mol. The zero-order valence-corrected chi connectivity index (χ0v) is 27.3. The molecule has 2 aliphatic rings. The molecule has 9 nitrogen and oxygen atoms in total. The molecule has 45 heavy (non-hydrogen) atoms. The maximum atomic E-state index is 13.0. The van der Waals surface area contributed by atoms with Gasteiger partial charge < -0.3 is 25.1 Å². The van der Waals surface area contributed by atoms with E-state index in [1.165, 1.54) is 35.1 Å². The summed E-state index contributed by atoms with van der Waals surface area (Å²) in [5.74, 6) is 0.819. The molecule has 2 heterocycles. The molecule has 0 saturated carbocycles. The number of nitrogens with one attached hydrogen (secondary N) is 4. The summed E-state index contributed by atoms with van der Waals surface area (Å²) in [5, 5.41) is 11.5. The molecule has 1 aliphatic heterocycles. The van der Waals surface area contributed by atoms with Gasteiger partial charge in [0.2, 0.25) is 0 Å². The van der Waals surface area contributed by atoms with Crippen molar-refractivity contribution in [1.29, 1.82) is 0 Å². The number of benzene rings is 2. The van der Waals surface area contributed by atoms with E-state index < -0.39 is 6.29 Å². The molecule has 1 aliphatic carbocycles. The van der Waals surface area contributed by atoms with Crippen LogP contribution < -0.4 is 27.0 Å². The fraction of sp³-hybridized carbons (Fsp3) is 0.500. The van der Waals surface area contributed by atoms with Gasteiger partial charge in [-0.3, -0.25) is 15.8 Å². The first-order valence-electron chi connectivity index (χ1n) is 16.1. The first-order valence-corrected chi connectivity index (χ1v) is 16.1. The van der Waals surface area contributed by atoms with Crippen LogP contribution in [0.25, 0.3) is 0 Å². The van der Waals surface area contributed by atoms with Crippen molar-refractivity contribution in [2.75, 3.05) is 13.2 Å². The number of amides is 3. The molecule has 1 saturated heterocycles. The lowest BCUT2D eigenvalue weighted by Crippen LogP contribution is -2.54. The first kappa shape index (κ1) is 32.7. The summed E-state index contributed by atoms with van der Waals surface area (Å²) in [4.78, 5) is 25.1. The van der Waals surface area contributed by atoms with Crippen LogP contribution >= 0.6 is 0 Å². The molecule has 6 N–H and O–H groups in total. The van der Waals surface area contributed by atoms with Gasteiger partial charge in [0.1, 0.15) is 12.0 Å². The molecular formula is C36H49N5O4. The summed E-state index contributed by atoms with van der Waals surface area (Å²) >= 11 is 0. The third kappa shape index (κ3) is 8.34. The third-order valence-corrected chi connectivity index (χ3v) is 9.33. The Morgan fingerprint density at radius 2 is 1.67 bits per heavy atom. The molecule has 5 rings (SSSR count). The lowest BCUT2D eigenvalue weighted by Gasteiger charge is -2.42. The Balaban J connectivity index is 1.11. The van der Waals surface area contributed by atoms with Crippen LogP contribution in [0.4, 0.5) is 4.79 Å². The zero-order valence-electron chi connectivity index (χ0n) is 27.3. The molecular weight excluding hydrogens is 566 g/mol. The van der Waals surface area contributed by atoms with Gasteiger partial charge in [0.25, 0.3) is 5.91 Å². The normalized spacial score (nSPS) is 19.0. The Morgan fingerprint density at radius 3 is 2.38 bits per heavy atom. The van der Waals surface area contributed by atoms with Crippen molar-refractivity contribution in [2.24, 2.45) is 5.73 Å². The standard InChI is InChI=1S/C36H49N5O4/c1-23-16-29-30(36(4,5)14-13-35(29,2)3)19-26(23)18-27-11-12-31(45-27)32(42)38-20-24-8-6-9-25(17-24)21-39-33(37)41-34(43)40-22-28-10-7-15-44-28/h6,8-9,11-12,16-17,19,28,33,39H,7,10,13-15,18,20-22,37H2,1-5H3,(H,38,42)(H2,40,41,43). The minimum atomic E-state index is -0.713. The average molecular weight is 616 g/mol. The lowest BCUT2D eigenvalue weighted by molar-refractivity contribution is 0.0921. The minimum Gasteiger partial charge on any atom is -0.456 e. The molecule has 0 bridgehead atoms. The molecule has 2 unspecified atom stereocenters. The Kier molecular flexibility index (Phi) is 10.0. The van der Waals surface area contributed by atoms with E-state index in [1.807, 2.05) is 30.3 Å². The molecule has 0 spiro atoms. The number of urea groups is 1. The van der Waals surface area contributed by atoms with E-state index in [0.717, 1.165) is 36.3 Å². The van der Waals surface area contributed by atoms with Gasteiger partial charge >= 0.3 is 6.03 Å². The summed E-state index contributed by atoms with van der Waals surface area (Å²) in [6.45, 7) is 13.5. The molecule has 1 aromatic heterocycles. The highest BCUT2D eigenvalue weighted by atomic mass is 16.5. The van der Waals surface area contributed by atoms with Crippen LogP contribution in [0.15, 0.2) is 52.9 Å². The number of fused-ring (bicyclic) bond motifs is 1. The van der Waals surface area contributed by atoms with E-state index in [0.29, 0.717) is 31.8 Å². The molecule has 9 heteroatoms. The van der Waals surface area contributed by atoms with Crippen molar-refractivity contribution in [1.82, 2.24) is 21.3 Å². The fourth-order valence-corrected chi connectivity index (χ4v) is 6.34. The maximum Gasteiger partial charge on any atom is 0.317 e. The van der Waals surface area contributed by atoms with Crippen molar-refractivity contribution in [3.63, 3.8) is 0 Å². The molecule has 3 aromatic rings. The molecule has 2 aromatic carbocycles. The SMILES string of the molecule is Cc1cc2c(cc1Cc1ccc(C(=O)NCc3cccc(CNC(N)NC(=O)NCC4CCCO4)c3)o1)C(C)(C)CCC2(C)C. The van der Waals surface area contributed by atoms with Crippen molar-refractivity contribution in [3.8, 4) is 0 Å². The maximum absolute atomic E-state index is 13.0. The number of rotatable bonds is 11. The third-order valence-electron chi connectivity index (χ3n) is 9.33. The second kappa shape index (κ2) is 13.8. The molecule has 2 atom stereocenters. The summed E-state index contributed by atoms with van der Waals surface area (Å²) in [6, 6.07) is 15.9. The molecule has 242 valence electrons. The predicted molar refractivity (Wildman–Crippen MR) is 176 cm³/mol. The summed E-state index contributed by atoms with van der Waals surface area (Å²) in [5.41, 5.74) is 13.6. The van der Waals surface area contributed by atoms with Gasteiger partial charge in [0.15, 0.2) is 5.76 Å². The Labute approximate surface area is 267 Å². The van der Waals surface area contributed by atoms with E-state index in [2.05, 4.69) is 68.0 Å². The van der Waals surface area contributed by atoms with E-state index in [1.54, 1.807) is 6.07 Å². The smallest absolute Gasteiger partial charge is 0.317 e. The van der Waals surface area contributed by atoms with Crippen molar-refractivity contribution in [2.45, 2.75) is 103 Å². The van der Waals surface area contributed by atoms with Crippen LogP contribution in [0.2, 0.25) is 0 Å². The fourth-order valence-electron chi connectivity index (χ4n) is 6.34. The highest BCUT2D eigenvalue weighted by Gasteiger charge is 2.37. The number of hydrogen-bond acceptors (Lipinski definition) is 6. The van der Waals surface area contributed by atoms with Gasteiger partial charge in [-0.05, 0) is 89.0 Å². The van der Waals surface area contributed by atoms with Crippen molar-refractivity contribution < 1.29 is 18.7 Å². The van der Waals surface area contributed by atoms with Gasteiger partial charge in [-0.25, -0.2) is 4.79 Å². The van der Waals surface area contributed by atoms with E-state index >= 15 is 0 Å². The quantitative estimate of drug-likeness (QED) is 0.187. The molecule has 0 radical (unpaired) electrons. The number of furan rings is 1. The van der Waals surface area contributed by atoms with Gasteiger partial charge in [0, 0.05) is 32.7 Å². The van der Waals surface area contributed by atoms with E-state index in [-0.39, 0.29) is 28.9 Å². The topological polar surface area (TPSA) is 131 Å². The van der Waals surface area contributed by atoms with Crippen LogP contribution in [0.1, 0.15) is 103 Å². The van der Waals surface area contributed by atoms with E-state index in [4.69, 9.17) is 14.9 Å². The predicted octanol–water partition coefficient (Wildman–Crippen LogP) is 5.27. The highest BCUT2D eigenvalue weighted by molar-refractivity contribution is 5.91. The van der Waals surface area contributed by atoms with Crippen LogP contribution in [0.5, 0.6) is 0 Å². The van der Waals surface area contributed by atoms with Gasteiger partial charge in [-0.1, -0.05) is 64.1 Å². The van der Waals surface area contributed by atoms with Crippen LogP contribution in [0, 0.1) is 6.92 Å². The van der Waals surface area contributed by atoms with Gasteiger partial charge in [-0.15, -0.1) is 0 Å². The Morgan fingerprint density at radius 1 is 0.956 bits per heavy atom. The Bertz CT molecular complexity index is 1500. The number of carbonyl (C=O) groups excluding carboxylic acids is 2. The second-order valence-corrected chi connectivity index (χ2v) is 13.9. The lowest BCUT2D eigenvalue weighted by atomic mass is 9.62. The zero-order chi connectivity index (χ0) is 32.2. The van der Waals surface area contributed by atoms with Crippen LogP contribution in [-0.2, 0) is 35.1 Å². The second-order valence-electron chi connectivity index (χ2n) is 13.9. The summed E-state index contributed by atoms with van der Waals surface area (Å²) < 4.78 is 11.5. The first-order chi connectivity index (χ1) is 21.4. The number of hydrogen-bond donors (Lipinski definition) is 5. The highest BCUT2D eigenvalue weighted by Crippen LogP contribution is 2.46. The van der Waals surface area contributed by atoms with Crippen molar-refractivity contribution >= 4 is 11.9 Å². The Hall–Kier alpha value is -3.66. The van der Waals surface area contributed by atoms with Gasteiger partial charge in [0.05, 0.1) is 6.10 Å². The van der Waals surface area contributed by atoms with Crippen LogP contribution in [0.3, 0.4) is 0 Å². The molecule has 3 amide bonds. The van der Waals surface area contributed by atoms with Crippen LogP contribution in [-0.4, -0.2) is 37.5 Å². The van der Waals surface area contributed by atoms with Gasteiger partial charge in [-0.2, -0.15) is 0 Å². The van der Waals surface area contributed by atoms with Crippen molar-refractivity contribution in [3.05, 3.63) is 93.4 Å². The minimum absolute atomic E-state index is 0.0719. The number of nitrogens with two attached hydrogens (primary N) is 1. The summed E-state index contributed by atoms with van der Waals surface area (Å²) in [6.07, 6.45) is 4.33.